The third-order valence-corrected chi connectivity index (χ3v) is 6.01. The zero-order valence-electron chi connectivity index (χ0n) is 11.5. The minimum atomic E-state index is 0.254. The Bertz CT molecular complexity index is 503. The number of halogens is 1. The summed E-state index contributed by atoms with van der Waals surface area (Å²) in [7, 11) is 2.08. The average Bonchev–Trinajstić information content (AvgIpc) is 3.06. The molecule has 1 atom stereocenters. The first-order chi connectivity index (χ1) is 9.70. The number of aromatic nitrogens is 1. The van der Waals surface area contributed by atoms with Crippen molar-refractivity contribution in [3.63, 3.8) is 0 Å². The fraction of sp³-hybridized carbons (Fsp3) is 0.583. The zero-order chi connectivity index (χ0) is 14.1. The minimum absolute atomic E-state index is 0.254. The lowest BCUT2D eigenvalue weighted by Gasteiger charge is -2.28. The van der Waals surface area contributed by atoms with Crippen molar-refractivity contribution in [3.05, 3.63) is 16.2 Å². The third kappa shape index (κ3) is 2.66. The maximum atomic E-state index is 5.39. The van der Waals surface area contributed by atoms with Crippen LogP contribution in [0.4, 0.5) is 10.9 Å². The lowest BCUT2D eigenvalue weighted by Crippen LogP contribution is -2.36. The molecular formula is C12H17BrN4OS2. The van der Waals surface area contributed by atoms with Crippen molar-refractivity contribution in [2.75, 3.05) is 49.4 Å². The summed E-state index contributed by atoms with van der Waals surface area (Å²) in [4.78, 5) is 11.5. The number of anilines is 2. The predicted octanol–water partition coefficient (Wildman–Crippen LogP) is 2.57. The predicted molar refractivity (Wildman–Crippen MR) is 89.7 cm³/mol. The number of ether oxygens (including phenoxy) is 1. The summed E-state index contributed by atoms with van der Waals surface area (Å²) in [5.74, 6) is 1.01. The summed E-state index contributed by atoms with van der Waals surface area (Å²) >= 11 is 7.08. The summed E-state index contributed by atoms with van der Waals surface area (Å²) in [6, 6.07) is 0. The molecule has 3 rings (SSSR count). The lowest BCUT2D eigenvalue weighted by molar-refractivity contribution is 0.122. The highest BCUT2D eigenvalue weighted by atomic mass is 79.9. The molecule has 5 nitrogen and oxygen atoms in total. The Hall–Kier alpha value is -0.440. The van der Waals surface area contributed by atoms with E-state index in [0.29, 0.717) is 0 Å². The van der Waals surface area contributed by atoms with Crippen LogP contribution in [-0.2, 0) is 4.74 Å². The highest BCUT2D eigenvalue weighted by Crippen LogP contribution is 2.36. The molecule has 20 heavy (non-hydrogen) atoms. The van der Waals surface area contributed by atoms with Crippen molar-refractivity contribution < 1.29 is 4.74 Å². The van der Waals surface area contributed by atoms with Crippen LogP contribution in [0.3, 0.4) is 0 Å². The topological polar surface area (TPSA) is 31.8 Å². The molecule has 1 fully saturated rings. The summed E-state index contributed by atoms with van der Waals surface area (Å²) in [5, 5.41) is 3.21. The Kier molecular flexibility index (Phi) is 4.44. The maximum Gasteiger partial charge on any atom is 0.187 e. The summed E-state index contributed by atoms with van der Waals surface area (Å²) in [6.07, 6.45) is 4.21. The van der Waals surface area contributed by atoms with Gasteiger partial charge in [-0.2, -0.15) is 0 Å². The Labute approximate surface area is 135 Å². The van der Waals surface area contributed by atoms with Gasteiger partial charge < -0.3 is 14.5 Å². The number of rotatable bonds is 3. The second kappa shape index (κ2) is 6.13. The van der Waals surface area contributed by atoms with Gasteiger partial charge in [0.15, 0.2) is 10.6 Å². The van der Waals surface area contributed by atoms with Crippen LogP contribution in [0.15, 0.2) is 16.2 Å². The summed E-state index contributed by atoms with van der Waals surface area (Å²) in [5.41, 5.74) is 0.254. The van der Waals surface area contributed by atoms with Gasteiger partial charge in [0.1, 0.15) is 5.82 Å². The number of hydrogen-bond acceptors (Lipinski definition) is 7. The van der Waals surface area contributed by atoms with Gasteiger partial charge in [0.05, 0.1) is 17.8 Å². The average molecular weight is 377 g/mol. The number of thioether (sulfide) groups is 1. The quantitative estimate of drug-likeness (QED) is 0.753. The van der Waals surface area contributed by atoms with Gasteiger partial charge in [-0.25, -0.2) is 4.98 Å². The third-order valence-electron chi connectivity index (χ3n) is 3.39. The smallest absolute Gasteiger partial charge is 0.187 e. The van der Waals surface area contributed by atoms with E-state index >= 15 is 0 Å². The number of thiazole rings is 1. The summed E-state index contributed by atoms with van der Waals surface area (Å²) < 4.78 is 6.47. The van der Waals surface area contributed by atoms with Gasteiger partial charge in [0.2, 0.25) is 0 Å². The van der Waals surface area contributed by atoms with Crippen LogP contribution in [-0.4, -0.2) is 55.0 Å². The fourth-order valence-electron chi connectivity index (χ4n) is 2.29. The highest BCUT2D eigenvalue weighted by molar-refractivity contribution is 9.11. The molecule has 1 aromatic rings. The highest BCUT2D eigenvalue weighted by Gasteiger charge is 2.30. The molecule has 1 saturated heterocycles. The van der Waals surface area contributed by atoms with Gasteiger partial charge in [-0.1, -0.05) is 0 Å². The van der Waals surface area contributed by atoms with E-state index in [1.807, 2.05) is 0 Å². The van der Waals surface area contributed by atoms with E-state index in [4.69, 9.17) is 9.72 Å². The van der Waals surface area contributed by atoms with Gasteiger partial charge in [-0.3, -0.25) is 4.90 Å². The molecule has 110 valence electrons. The number of hydrogen-bond donors (Lipinski definition) is 0. The molecule has 1 aromatic heterocycles. The number of nitrogens with zero attached hydrogens (tertiary/aromatic N) is 4. The van der Waals surface area contributed by atoms with Gasteiger partial charge in [0.25, 0.3) is 0 Å². The maximum absolute atomic E-state index is 5.39. The molecule has 0 aromatic carbocycles. The Morgan fingerprint density at radius 2 is 2.20 bits per heavy atom. The Morgan fingerprint density at radius 1 is 1.45 bits per heavy atom. The van der Waals surface area contributed by atoms with Crippen molar-refractivity contribution in [1.82, 2.24) is 9.88 Å². The lowest BCUT2D eigenvalue weighted by atomic mass is 10.5. The fourth-order valence-corrected chi connectivity index (χ4v) is 4.53. The van der Waals surface area contributed by atoms with Crippen LogP contribution >= 0.6 is 39.0 Å². The summed E-state index contributed by atoms with van der Waals surface area (Å²) in [6.45, 7) is 3.44. The first-order valence-corrected chi connectivity index (χ1v) is 9.36. The first kappa shape index (κ1) is 14.5. The van der Waals surface area contributed by atoms with E-state index in [2.05, 4.69) is 55.5 Å². The zero-order valence-corrected chi connectivity index (χ0v) is 14.7. The van der Waals surface area contributed by atoms with Crippen molar-refractivity contribution in [2.45, 2.75) is 5.50 Å². The SMILES string of the molecule is CSC1N(C)C(Br)=CN1c1csc(N2CCOCC2)n1. The van der Waals surface area contributed by atoms with Gasteiger partial charge in [-0.15, -0.1) is 23.1 Å². The van der Waals surface area contributed by atoms with Crippen molar-refractivity contribution in [2.24, 2.45) is 0 Å². The van der Waals surface area contributed by atoms with Crippen LogP contribution in [0.2, 0.25) is 0 Å². The normalized spacial score (nSPS) is 23.4. The molecular weight excluding hydrogens is 360 g/mol. The molecule has 0 radical (unpaired) electrons. The monoisotopic (exact) mass is 376 g/mol. The van der Waals surface area contributed by atoms with Gasteiger partial charge >= 0.3 is 0 Å². The number of morpholine rings is 1. The molecule has 8 heteroatoms. The molecule has 0 amide bonds. The van der Waals surface area contributed by atoms with E-state index in [9.17, 15) is 0 Å². The Balaban J connectivity index is 1.79. The van der Waals surface area contributed by atoms with Crippen LogP contribution in [0.1, 0.15) is 0 Å². The van der Waals surface area contributed by atoms with Gasteiger partial charge in [-0.05, 0) is 22.2 Å². The van der Waals surface area contributed by atoms with Crippen LogP contribution < -0.4 is 9.80 Å². The molecule has 0 bridgehead atoms. The first-order valence-electron chi connectivity index (χ1n) is 6.40. The van der Waals surface area contributed by atoms with E-state index < -0.39 is 0 Å². The van der Waals surface area contributed by atoms with Crippen LogP contribution in [0.25, 0.3) is 0 Å². The van der Waals surface area contributed by atoms with Crippen molar-refractivity contribution >= 4 is 50.0 Å². The van der Waals surface area contributed by atoms with Crippen LogP contribution in [0.5, 0.6) is 0 Å². The molecule has 2 aliphatic rings. The molecule has 0 saturated carbocycles. The van der Waals surface area contributed by atoms with Crippen LogP contribution in [0, 0.1) is 0 Å². The van der Waals surface area contributed by atoms with Gasteiger partial charge in [0, 0.05) is 31.7 Å². The molecule has 3 heterocycles. The van der Waals surface area contributed by atoms with E-state index in [1.165, 1.54) is 0 Å². The Morgan fingerprint density at radius 3 is 2.90 bits per heavy atom. The van der Waals surface area contributed by atoms with E-state index in [1.54, 1.807) is 23.1 Å². The van der Waals surface area contributed by atoms with E-state index in [0.717, 1.165) is 41.9 Å². The standard InChI is InChI=1S/C12H17BrN4OS2/c1-15-9(13)7-17(12(15)19-2)10-8-20-11(14-10)16-3-5-18-6-4-16/h7-8,12H,3-6H2,1-2H3. The molecule has 0 N–H and O–H groups in total. The van der Waals surface area contributed by atoms with Crippen molar-refractivity contribution in [3.8, 4) is 0 Å². The van der Waals surface area contributed by atoms with E-state index in [-0.39, 0.29) is 5.50 Å². The largest absolute Gasteiger partial charge is 0.378 e. The molecule has 0 spiro atoms. The minimum Gasteiger partial charge on any atom is -0.378 e. The molecule has 0 aliphatic carbocycles. The second-order valence-electron chi connectivity index (χ2n) is 4.62. The van der Waals surface area contributed by atoms with Crippen molar-refractivity contribution in [1.29, 1.82) is 0 Å². The second-order valence-corrected chi connectivity index (χ2v) is 7.16. The molecule has 2 aliphatic heterocycles. The molecule has 1 unspecified atom stereocenters.